The first-order valence-electron chi connectivity index (χ1n) is 4.52. The van der Waals surface area contributed by atoms with Gasteiger partial charge in [0.05, 0.1) is 5.52 Å². The van der Waals surface area contributed by atoms with Gasteiger partial charge >= 0.3 is 0 Å². The van der Waals surface area contributed by atoms with E-state index >= 15 is 0 Å². The Morgan fingerprint density at radius 1 is 1.21 bits per heavy atom. The van der Waals surface area contributed by atoms with Gasteiger partial charge in [-0.05, 0) is 31.2 Å². The Balaban J connectivity index is 2.62. The fraction of sp³-hybridized carbons (Fsp3) is 0.182. The highest BCUT2D eigenvalue weighted by molar-refractivity contribution is 5.80. The van der Waals surface area contributed by atoms with E-state index in [1.807, 2.05) is 18.2 Å². The number of fused-ring (bicyclic) bond motifs is 1. The second-order valence-corrected chi connectivity index (χ2v) is 3.48. The van der Waals surface area contributed by atoms with Gasteiger partial charge in [-0.25, -0.2) is 10.8 Å². The molecule has 0 fully saturated rings. The van der Waals surface area contributed by atoms with Crippen LogP contribution in [0.4, 0.5) is 5.82 Å². The molecule has 0 bridgehead atoms. The zero-order valence-corrected chi connectivity index (χ0v) is 8.36. The van der Waals surface area contributed by atoms with Gasteiger partial charge in [0.25, 0.3) is 0 Å². The monoisotopic (exact) mass is 187 g/mol. The number of rotatable bonds is 1. The Kier molecular flexibility index (Phi) is 2.09. The van der Waals surface area contributed by atoms with Crippen molar-refractivity contribution in [1.82, 2.24) is 4.98 Å². The Labute approximate surface area is 83.1 Å². The average Bonchev–Trinajstić information content (AvgIpc) is 2.16. The van der Waals surface area contributed by atoms with E-state index in [1.54, 1.807) is 7.05 Å². The zero-order chi connectivity index (χ0) is 10.1. The van der Waals surface area contributed by atoms with Crippen LogP contribution >= 0.6 is 0 Å². The van der Waals surface area contributed by atoms with Crippen LogP contribution in [0.1, 0.15) is 5.56 Å². The summed E-state index contributed by atoms with van der Waals surface area (Å²) in [7, 11) is 1.78. The van der Waals surface area contributed by atoms with Gasteiger partial charge in [-0.15, -0.1) is 0 Å². The van der Waals surface area contributed by atoms with Crippen molar-refractivity contribution in [2.24, 2.45) is 5.84 Å². The van der Waals surface area contributed by atoms with E-state index in [2.05, 4.69) is 24.0 Å². The summed E-state index contributed by atoms with van der Waals surface area (Å²) in [6.45, 7) is 2.07. The topological polar surface area (TPSA) is 42.2 Å². The molecule has 2 rings (SSSR count). The van der Waals surface area contributed by atoms with Gasteiger partial charge in [-0.1, -0.05) is 11.6 Å². The van der Waals surface area contributed by atoms with E-state index in [1.165, 1.54) is 10.6 Å². The minimum absolute atomic E-state index is 0.779. The quantitative estimate of drug-likeness (QED) is 0.547. The molecule has 2 N–H and O–H groups in total. The minimum Gasteiger partial charge on any atom is -0.298 e. The summed E-state index contributed by atoms with van der Waals surface area (Å²) in [4.78, 5) is 4.42. The first-order valence-corrected chi connectivity index (χ1v) is 4.52. The van der Waals surface area contributed by atoms with Crippen LogP contribution in [0, 0.1) is 6.92 Å². The van der Waals surface area contributed by atoms with E-state index < -0.39 is 0 Å². The molecule has 0 spiro atoms. The minimum atomic E-state index is 0.779. The lowest BCUT2D eigenvalue weighted by Gasteiger charge is -2.11. The van der Waals surface area contributed by atoms with Gasteiger partial charge in [0.2, 0.25) is 0 Å². The van der Waals surface area contributed by atoms with E-state index in [0.717, 1.165) is 16.7 Å². The molecule has 0 aliphatic rings. The molecule has 0 atom stereocenters. The van der Waals surface area contributed by atoms with Crippen molar-refractivity contribution in [1.29, 1.82) is 0 Å². The zero-order valence-electron chi connectivity index (χ0n) is 8.36. The fourth-order valence-corrected chi connectivity index (χ4v) is 1.43. The van der Waals surface area contributed by atoms with Crippen molar-refractivity contribution >= 4 is 16.7 Å². The molecule has 0 aliphatic heterocycles. The molecular formula is C11H13N3. The van der Waals surface area contributed by atoms with Crippen LogP contribution in [0.15, 0.2) is 30.3 Å². The SMILES string of the molecule is Cc1ccc2nc(N(C)N)ccc2c1. The van der Waals surface area contributed by atoms with E-state index in [0.29, 0.717) is 0 Å². The number of hydrazine groups is 1. The van der Waals surface area contributed by atoms with Crippen LogP contribution in [-0.4, -0.2) is 12.0 Å². The van der Waals surface area contributed by atoms with E-state index in [9.17, 15) is 0 Å². The van der Waals surface area contributed by atoms with Crippen LogP contribution in [-0.2, 0) is 0 Å². The van der Waals surface area contributed by atoms with Crippen molar-refractivity contribution in [3.63, 3.8) is 0 Å². The second kappa shape index (κ2) is 3.27. The number of aromatic nitrogens is 1. The maximum Gasteiger partial charge on any atom is 0.142 e. The van der Waals surface area contributed by atoms with Crippen molar-refractivity contribution in [3.05, 3.63) is 35.9 Å². The lowest BCUT2D eigenvalue weighted by atomic mass is 10.1. The first kappa shape index (κ1) is 8.97. The smallest absolute Gasteiger partial charge is 0.142 e. The number of anilines is 1. The summed E-state index contributed by atoms with van der Waals surface area (Å²) < 4.78 is 0. The summed E-state index contributed by atoms with van der Waals surface area (Å²) in [5.41, 5.74) is 2.22. The second-order valence-electron chi connectivity index (χ2n) is 3.48. The van der Waals surface area contributed by atoms with Crippen molar-refractivity contribution in [3.8, 4) is 0 Å². The molecule has 3 nitrogen and oxygen atoms in total. The molecular weight excluding hydrogens is 174 g/mol. The standard InChI is InChI=1S/C11H13N3/c1-8-3-5-10-9(7-8)4-6-11(13-10)14(2)12/h3-7H,12H2,1-2H3. The molecule has 0 amide bonds. The molecule has 0 radical (unpaired) electrons. The van der Waals surface area contributed by atoms with Crippen LogP contribution in [0.2, 0.25) is 0 Å². The van der Waals surface area contributed by atoms with Gasteiger partial charge in [-0.2, -0.15) is 0 Å². The lowest BCUT2D eigenvalue weighted by Crippen LogP contribution is -2.25. The van der Waals surface area contributed by atoms with Gasteiger partial charge in [-0.3, -0.25) is 5.01 Å². The molecule has 1 aromatic carbocycles. The number of nitrogens with zero attached hydrogens (tertiary/aromatic N) is 2. The average molecular weight is 187 g/mol. The Hall–Kier alpha value is -1.61. The fourth-order valence-electron chi connectivity index (χ4n) is 1.43. The molecule has 3 heteroatoms. The molecule has 0 aliphatic carbocycles. The van der Waals surface area contributed by atoms with Crippen LogP contribution in [0.25, 0.3) is 10.9 Å². The molecule has 0 saturated carbocycles. The van der Waals surface area contributed by atoms with E-state index in [-0.39, 0.29) is 0 Å². The normalized spacial score (nSPS) is 10.5. The highest BCUT2D eigenvalue weighted by Gasteiger charge is 1.99. The molecule has 0 saturated heterocycles. The van der Waals surface area contributed by atoms with Gasteiger partial charge in [0.15, 0.2) is 0 Å². The Bertz CT molecular complexity index is 463. The number of nitrogens with two attached hydrogens (primary N) is 1. The largest absolute Gasteiger partial charge is 0.298 e. The summed E-state index contributed by atoms with van der Waals surface area (Å²) in [5, 5.41) is 2.66. The van der Waals surface area contributed by atoms with Crippen LogP contribution < -0.4 is 10.9 Å². The number of hydrogen-bond acceptors (Lipinski definition) is 3. The van der Waals surface area contributed by atoms with Crippen LogP contribution in [0.3, 0.4) is 0 Å². The maximum absolute atomic E-state index is 5.61. The van der Waals surface area contributed by atoms with Gasteiger partial charge in [0.1, 0.15) is 5.82 Å². The Morgan fingerprint density at radius 3 is 2.71 bits per heavy atom. The Morgan fingerprint density at radius 2 is 2.00 bits per heavy atom. The number of aryl methyl sites for hydroxylation is 1. The predicted octanol–water partition coefficient (Wildman–Crippen LogP) is 1.85. The lowest BCUT2D eigenvalue weighted by molar-refractivity contribution is 0.986. The highest BCUT2D eigenvalue weighted by Crippen LogP contribution is 2.17. The summed E-state index contributed by atoms with van der Waals surface area (Å²) in [6.07, 6.45) is 0. The predicted molar refractivity (Wildman–Crippen MR) is 59.1 cm³/mol. The van der Waals surface area contributed by atoms with Crippen molar-refractivity contribution < 1.29 is 0 Å². The molecule has 0 unspecified atom stereocenters. The van der Waals surface area contributed by atoms with Crippen molar-refractivity contribution in [2.75, 3.05) is 12.1 Å². The summed E-state index contributed by atoms with van der Waals surface area (Å²) in [6, 6.07) is 10.1. The van der Waals surface area contributed by atoms with Gasteiger partial charge in [0, 0.05) is 12.4 Å². The summed E-state index contributed by atoms with van der Waals surface area (Å²) >= 11 is 0. The molecule has 1 aromatic heterocycles. The number of pyridine rings is 1. The number of benzene rings is 1. The maximum atomic E-state index is 5.61. The van der Waals surface area contributed by atoms with Crippen molar-refractivity contribution in [2.45, 2.75) is 6.92 Å². The third kappa shape index (κ3) is 1.54. The molecule has 14 heavy (non-hydrogen) atoms. The third-order valence-corrected chi connectivity index (χ3v) is 2.19. The molecule has 1 heterocycles. The number of hydrogen-bond donors (Lipinski definition) is 1. The van der Waals surface area contributed by atoms with E-state index in [4.69, 9.17) is 5.84 Å². The van der Waals surface area contributed by atoms with Gasteiger partial charge < -0.3 is 0 Å². The first-order chi connectivity index (χ1) is 6.66. The third-order valence-electron chi connectivity index (χ3n) is 2.19. The highest BCUT2D eigenvalue weighted by atomic mass is 15.4. The van der Waals surface area contributed by atoms with Crippen LogP contribution in [0.5, 0.6) is 0 Å². The molecule has 72 valence electrons. The summed E-state index contributed by atoms with van der Waals surface area (Å²) in [5.74, 6) is 6.38. The molecule has 2 aromatic rings.